The summed E-state index contributed by atoms with van der Waals surface area (Å²) in [6.45, 7) is 3.17. The third kappa shape index (κ3) is 5.83. The van der Waals surface area contributed by atoms with E-state index in [1.165, 1.54) is 6.07 Å². The summed E-state index contributed by atoms with van der Waals surface area (Å²) in [5.41, 5.74) is 2.65. The molecule has 0 bridgehead atoms. The third-order valence-electron chi connectivity index (χ3n) is 4.28. The highest BCUT2D eigenvalue weighted by atomic mass is 35.5. The molecule has 3 rings (SSSR count). The number of aromatic nitrogens is 2. The lowest BCUT2D eigenvalue weighted by atomic mass is 10.1. The number of aliphatic hydroxyl groups is 1. The summed E-state index contributed by atoms with van der Waals surface area (Å²) in [4.78, 5) is 0. The van der Waals surface area contributed by atoms with Crippen molar-refractivity contribution in [2.75, 3.05) is 30.7 Å². The van der Waals surface area contributed by atoms with Gasteiger partial charge >= 0.3 is 0 Å². The molecule has 0 aliphatic rings. The van der Waals surface area contributed by atoms with Gasteiger partial charge < -0.3 is 15.2 Å². The predicted molar refractivity (Wildman–Crippen MR) is 114 cm³/mol. The maximum absolute atomic E-state index is 11.4. The van der Waals surface area contributed by atoms with Crippen molar-refractivity contribution in [1.29, 1.82) is 0 Å². The number of anilines is 1. The molecule has 0 saturated heterocycles. The monoisotopic (exact) mass is 438 g/mol. The predicted octanol–water partition coefficient (Wildman–Crippen LogP) is 2.60. The van der Waals surface area contributed by atoms with E-state index in [0.29, 0.717) is 18.7 Å². The number of hydrogen-bond donors (Lipinski definition) is 4. The third-order valence-corrected chi connectivity index (χ3v) is 5.20. The Bertz CT molecular complexity index is 1100. The van der Waals surface area contributed by atoms with Crippen molar-refractivity contribution in [3.63, 3.8) is 0 Å². The van der Waals surface area contributed by atoms with E-state index >= 15 is 0 Å². The number of rotatable bonds is 9. The molecule has 0 spiro atoms. The van der Waals surface area contributed by atoms with Crippen molar-refractivity contribution >= 4 is 38.2 Å². The van der Waals surface area contributed by atoms with Crippen LogP contribution in [0.2, 0.25) is 5.02 Å². The van der Waals surface area contributed by atoms with Gasteiger partial charge in [-0.15, -0.1) is 0 Å². The minimum atomic E-state index is -3.46. The van der Waals surface area contributed by atoms with Crippen LogP contribution in [0.5, 0.6) is 5.75 Å². The van der Waals surface area contributed by atoms with Crippen LogP contribution in [0.15, 0.2) is 36.4 Å². The van der Waals surface area contributed by atoms with Gasteiger partial charge in [0.05, 0.1) is 34.3 Å². The smallest absolute Gasteiger partial charge is 0.229 e. The number of H-pyrrole nitrogens is 1. The molecule has 156 valence electrons. The zero-order valence-corrected chi connectivity index (χ0v) is 17.6. The van der Waals surface area contributed by atoms with Crippen molar-refractivity contribution < 1.29 is 18.3 Å². The minimum absolute atomic E-state index is 0.235. The number of nitrogens with one attached hydrogen (secondary N) is 3. The molecule has 3 aromatic rings. The van der Waals surface area contributed by atoms with Gasteiger partial charge in [0.25, 0.3) is 0 Å². The highest BCUT2D eigenvalue weighted by Gasteiger charge is 2.12. The second-order valence-corrected chi connectivity index (χ2v) is 8.85. The summed E-state index contributed by atoms with van der Waals surface area (Å²) in [6, 6.07) is 10.5. The molecule has 1 atom stereocenters. The van der Waals surface area contributed by atoms with Crippen molar-refractivity contribution in [1.82, 2.24) is 15.5 Å². The Balaban J connectivity index is 1.48. The fraction of sp³-hybridized carbons (Fsp3) is 0.316. The van der Waals surface area contributed by atoms with E-state index in [1.807, 2.05) is 25.1 Å². The van der Waals surface area contributed by atoms with E-state index in [9.17, 15) is 13.5 Å². The quantitative estimate of drug-likeness (QED) is 0.381. The molecule has 2 aromatic carbocycles. The van der Waals surface area contributed by atoms with E-state index in [1.54, 1.807) is 12.1 Å². The standard InChI is InChI=1S/C19H23ClN4O4S/c1-12-15-5-4-14(10-17(15)23-22-12)28-8-7-21-11-19(25)13-3-6-16(20)18(9-13)24-29(2,26)27/h3-6,9-10,19,21,24-25H,7-8,11H2,1-2H3,(H,22,23). The van der Waals surface area contributed by atoms with Gasteiger partial charge in [-0.1, -0.05) is 17.7 Å². The molecular formula is C19H23ClN4O4S. The summed E-state index contributed by atoms with van der Waals surface area (Å²) in [7, 11) is -3.46. The number of halogens is 1. The first-order valence-corrected chi connectivity index (χ1v) is 11.2. The van der Waals surface area contributed by atoms with E-state index in [0.717, 1.165) is 28.6 Å². The summed E-state index contributed by atoms with van der Waals surface area (Å²) in [5.74, 6) is 0.734. The average molecular weight is 439 g/mol. The lowest BCUT2D eigenvalue weighted by Gasteiger charge is -2.15. The number of hydrogen-bond acceptors (Lipinski definition) is 6. The van der Waals surface area contributed by atoms with Crippen LogP contribution >= 0.6 is 11.6 Å². The number of benzene rings is 2. The normalized spacial score (nSPS) is 12.8. The molecule has 8 nitrogen and oxygen atoms in total. The summed E-state index contributed by atoms with van der Waals surface area (Å²) in [5, 5.41) is 21.9. The van der Waals surface area contributed by atoms with Gasteiger partial charge in [0.15, 0.2) is 0 Å². The molecule has 10 heteroatoms. The number of aliphatic hydroxyl groups excluding tert-OH is 1. The Morgan fingerprint density at radius 2 is 2.07 bits per heavy atom. The van der Waals surface area contributed by atoms with Gasteiger partial charge in [0, 0.05) is 24.5 Å². The lowest BCUT2D eigenvalue weighted by Crippen LogP contribution is -2.26. The Hall–Kier alpha value is -2.33. The van der Waals surface area contributed by atoms with Crippen molar-refractivity contribution in [3.05, 3.63) is 52.7 Å². The fourth-order valence-corrected chi connectivity index (χ4v) is 3.64. The zero-order chi connectivity index (χ0) is 21.0. The lowest BCUT2D eigenvalue weighted by molar-refractivity contribution is 0.172. The second-order valence-electron chi connectivity index (χ2n) is 6.70. The van der Waals surface area contributed by atoms with Crippen LogP contribution < -0.4 is 14.8 Å². The summed E-state index contributed by atoms with van der Waals surface area (Å²) >= 11 is 6.00. The van der Waals surface area contributed by atoms with Crippen molar-refractivity contribution in [3.8, 4) is 5.75 Å². The number of aromatic amines is 1. The molecule has 29 heavy (non-hydrogen) atoms. The Kier molecular flexibility index (Phi) is 6.63. The first-order chi connectivity index (χ1) is 13.7. The first-order valence-electron chi connectivity index (χ1n) is 8.96. The van der Waals surface area contributed by atoms with E-state index < -0.39 is 16.1 Å². The highest BCUT2D eigenvalue weighted by Crippen LogP contribution is 2.26. The van der Waals surface area contributed by atoms with Gasteiger partial charge in [0.2, 0.25) is 10.0 Å². The molecular weight excluding hydrogens is 416 g/mol. The van der Waals surface area contributed by atoms with E-state index in [-0.39, 0.29) is 17.3 Å². The Morgan fingerprint density at radius 3 is 2.83 bits per heavy atom. The maximum Gasteiger partial charge on any atom is 0.229 e. The van der Waals surface area contributed by atoms with Crippen LogP contribution in [0.25, 0.3) is 10.9 Å². The molecule has 0 saturated carbocycles. The molecule has 0 fully saturated rings. The van der Waals surface area contributed by atoms with Gasteiger partial charge in [-0.3, -0.25) is 9.82 Å². The maximum atomic E-state index is 11.4. The van der Waals surface area contributed by atoms with Crippen LogP contribution in [0.1, 0.15) is 17.4 Å². The topological polar surface area (TPSA) is 116 Å². The van der Waals surface area contributed by atoms with Crippen molar-refractivity contribution in [2.24, 2.45) is 0 Å². The molecule has 0 aliphatic carbocycles. The summed E-state index contributed by atoms with van der Waals surface area (Å²) in [6.07, 6.45) is 0.218. The van der Waals surface area contributed by atoms with E-state index in [2.05, 4.69) is 20.2 Å². The molecule has 0 radical (unpaired) electrons. The van der Waals surface area contributed by atoms with Gasteiger partial charge in [-0.05, 0) is 36.8 Å². The molecule has 1 unspecified atom stereocenters. The van der Waals surface area contributed by atoms with Crippen LogP contribution in [0.4, 0.5) is 5.69 Å². The number of nitrogens with zero attached hydrogens (tertiary/aromatic N) is 1. The Labute approximate surface area is 174 Å². The molecule has 4 N–H and O–H groups in total. The van der Waals surface area contributed by atoms with Crippen LogP contribution in [0, 0.1) is 6.92 Å². The Morgan fingerprint density at radius 1 is 1.28 bits per heavy atom. The number of fused-ring (bicyclic) bond motifs is 1. The first kappa shape index (κ1) is 21.4. The van der Waals surface area contributed by atoms with Crippen LogP contribution in [-0.4, -0.2) is 49.7 Å². The van der Waals surface area contributed by atoms with Gasteiger partial charge in [-0.25, -0.2) is 8.42 Å². The van der Waals surface area contributed by atoms with Crippen LogP contribution in [-0.2, 0) is 10.0 Å². The van der Waals surface area contributed by atoms with Gasteiger partial charge in [0.1, 0.15) is 12.4 Å². The number of ether oxygens (including phenoxy) is 1. The fourth-order valence-electron chi connectivity index (χ4n) is 2.85. The SMILES string of the molecule is Cc1n[nH]c2cc(OCCNCC(O)c3ccc(Cl)c(NS(C)(=O)=O)c3)ccc12. The summed E-state index contributed by atoms with van der Waals surface area (Å²) < 4.78 is 30.9. The zero-order valence-electron chi connectivity index (χ0n) is 16.1. The van der Waals surface area contributed by atoms with E-state index in [4.69, 9.17) is 16.3 Å². The average Bonchev–Trinajstić information content (AvgIpc) is 3.02. The van der Waals surface area contributed by atoms with Crippen LogP contribution in [0.3, 0.4) is 0 Å². The largest absolute Gasteiger partial charge is 0.492 e. The molecule has 1 aromatic heterocycles. The minimum Gasteiger partial charge on any atom is -0.492 e. The number of aryl methyl sites for hydroxylation is 1. The molecule has 0 amide bonds. The highest BCUT2D eigenvalue weighted by molar-refractivity contribution is 7.92. The molecule has 1 heterocycles. The second kappa shape index (κ2) is 9.00. The number of sulfonamides is 1. The van der Waals surface area contributed by atoms with Gasteiger partial charge in [-0.2, -0.15) is 5.10 Å². The van der Waals surface area contributed by atoms with Crippen molar-refractivity contribution in [2.45, 2.75) is 13.0 Å². The molecule has 0 aliphatic heterocycles.